The number of aromatic nitrogens is 2. The summed E-state index contributed by atoms with van der Waals surface area (Å²) in [5.74, 6) is 0.894. The van der Waals surface area contributed by atoms with Gasteiger partial charge in [-0.1, -0.05) is 18.7 Å². The van der Waals surface area contributed by atoms with E-state index >= 15 is 0 Å². The van der Waals surface area contributed by atoms with Crippen LogP contribution in [0.15, 0.2) is 9.95 Å². The van der Waals surface area contributed by atoms with Gasteiger partial charge in [-0.2, -0.15) is 0 Å². The van der Waals surface area contributed by atoms with Crippen molar-refractivity contribution in [3.05, 3.63) is 20.8 Å². The highest BCUT2D eigenvalue weighted by molar-refractivity contribution is 7.99. The number of hydrogen-bond acceptors (Lipinski definition) is 5. The smallest absolute Gasteiger partial charge is 0.260 e. The minimum Gasteiger partial charge on any atom is -0.356 e. The maximum Gasteiger partial charge on any atom is 0.260 e. The topological polar surface area (TPSA) is 74.8 Å². The van der Waals surface area contributed by atoms with E-state index in [-0.39, 0.29) is 17.2 Å². The molecule has 1 aliphatic carbocycles. The summed E-state index contributed by atoms with van der Waals surface area (Å²) >= 11 is 2.90. The van der Waals surface area contributed by atoms with Crippen LogP contribution in [0.4, 0.5) is 0 Å². The Bertz CT molecular complexity index is 766. The Morgan fingerprint density at radius 2 is 2.36 bits per heavy atom. The Kier molecular flexibility index (Phi) is 4.54. The van der Waals surface area contributed by atoms with Crippen LogP contribution in [0.1, 0.15) is 30.7 Å². The molecule has 22 heavy (non-hydrogen) atoms. The fourth-order valence-electron chi connectivity index (χ4n) is 2.78. The minimum absolute atomic E-state index is 0.0467. The summed E-state index contributed by atoms with van der Waals surface area (Å²) in [5, 5.41) is 4.02. The first-order valence-electron chi connectivity index (χ1n) is 7.52. The number of nitrogens with one attached hydrogen (secondary N) is 2. The Labute approximate surface area is 136 Å². The van der Waals surface area contributed by atoms with Gasteiger partial charge in [0.05, 0.1) is 11.1 Å². The molecule has 0 radical (unpaired) electrons. The summed E-state index contributed by atoms with van der Waals surface area (Å²) in [6.07, 6.45) is 3.13. The molecule has 2 heterocycles. The van der Waals surface area contributed by atoms with E-state index in [2.05, 4.69) is 22.2 Å². The van der Waals surface area contributed by atoms with Crippen LogP contribution in [0, 0.1) is 5.92 Å². The van der Waals surface area contributed by atoms with Gasteiger partial charge >= 0.3 is 0 Å². The van der Waals surface area contributed by atoms with Gasteiger partial charge in [0, 0.05) is 11.4 Å². The number of amides is 1. The molecule has 7 heteroatoms. The number of carbonyl (C=O) groups excluding carboxylic acids is 1. The molecule has 1 atom stereocenters. The van der Waals surface area contributed by atoms with E-state index in [9.17, 15) is 9.59 Å². The average Bonchev–Trinajstić information content (AvgIpc) is 2.83. The number of thioether (sulfide) groups is 1. The second-order valence-corrected chi connectivity index (χ2v) is 7.69. The van der Waals surface area contributed by atoms with Gasteiger partial charge in [0.2, 0.25) is 5.91 Å². The fraction of sp³-hybridized carbons (Fsp3) is 0.533. The Balaban J connectivity index is 1.89. The van der Waals surface area contributed by atoms with Crippen LogP contribution in [0.5, 0.6) is 0 Å². The summed E-state index contributed by atoms with van der Waals surface area (Å²) in [5.41, 5.74) is 1.11. The quantitative estimate of drug-likeness (QED) is 0.663. The lowest BCUT2D eigenvalue weighted by Gasteiger charge is -2.17. The van der Waals surface area contributed by atoms with Gasteiger partial charge in [0.25, 0.3) is 5.56 Å². The number of carbonyl (C=O) groups is 1. The number of aryl methyl sites for hydroxylation is 1. The van der Waals surface area contributed by atoms with Crippen molar-refractivity contribution < 1.29 is 4.79 Å². The third kappa shape index (κ3) is 3.05. The maximum atomic E-state index is 12.4. The van der Waals surface area contributed by atoms with Crippen LogP contribution in [-0.2, 0) is 17.6 Å². The van der Waals surface area contributed by atoms with Gasteiger partial charge in [-0.15, -0.1) is 11.3 Å². The number of aromatic amines is 1. The molecule has 2 aromatic rings. The largest absolute Gasteiger partial charge is 0.356 e. The van der Waals surface area contributed by atoms with Crippen LogP contribution in [0.25, 0.3) is 10.2 Å². The van der Waals surface area contributed by atoms with E-state index < -0.39 is 0 Å². The van der Waals surface area contributed by atoms with Gasteiger partial charge in [-0.25, -0.2) is 4.98 Å². The molecular weight excluding hydrogens is 318 g/mol. The summed E-state index contributed by atoms with van der Waals surface area (Å²) in [7, 11) is 0. The number of fused-ring (bicyclic) bond motifs is 3. The molecule has 0 unspecified atom stereocenters. The Hall–Kier alpha value is -1.34. The summed E-state index contributed by atoms with van der Waals surface area (Å²) in [6.45, 7) is 4.74. The van der Waals surface area contributed by atoms with E-state index in [0.717, 1.165) is 29.5 Å². The summed E-state index contributed by atoms with van der Waals surface area (Å²) in [4.78, 5) is 33.4. The standard InChI is InChI=1S/C15H19N3O2S2/c1-3-16-11(19)7-21-15-17-13(20)12-9-5-4-8(2)6-10(9)22-14(12)18-15/h8H,3-7H2,1-2H3,(H,16,19)(H,17,18,20)/t8-/m0/s1. The third-order valence-electron chi connectivity index (χ3n) is 3.86. The van der Waals surface area contributed by atoms with E-state index in [1.54, 1.807) is 11.3 Å². The second-order valence-electron chi connectivity index (χ2n) is 5.65. The number of thiophene rings is 1. The van der Waals surface area contributed by atoms with Crippen LogP contribution in [0.2, 0.25) is 0 Å². The number of rotatable bonds is 4. The molecule has 0 fully saturated rings. The predicted octanol–water partition coefficient (Wildman–Crippen LogP) is 2.34. The first-order chi connectivity index (χ1) is 10.6. The van der Waals surface area contributed by atoms with Crippen molar-refractivity contribution in [3.8, 4) is 0 Å². The number of hydrogen-bond donors (Lipinski definition) is 2. The van der Waals surface area contributed by atoms with Gasteiger partial charge < -0.3 is 10.3 Å². The molecule has 0 bridgehead atoms. The van der Waals surface area contributed by atoms with Crippen molar-refractivity contribution in [2.75, 3.05) is 12.3 Å². The Morgan fingerprint density at radius 3 is 3.14 bits per heavy atom. The molecule has 0 saturated heterocycles. The molecule has 0 spiro atoms. The number of nitrogens with zero attached hydrogens (tertiary/aromatic N) is 1. The molecule has 0 saturated carbocycles. The maximum absolute atomic E-state index is 12.4. The van der Waals surface area contributed by atoms with Crippen molar-refractivity contribution in [1.82, 2.24) is 15.3 Å². The molecule has 2 N–H and O–H groups in total. The van der Waals surface area contributed by atoms with Crippen molar-refractivity contribution in [3.63, 3.8) is 0 Å². The first-order valence-corrected chi connectivity index (χ1v) is 9.32. The van der Waals surface area contributed by atoms with Gasteiger partial charge in [0.1, 0.15) is 4.83 Å². The van der Waals surface area contributed by atoms with Crippen LogP contribution < -0.4 is 10.9 Å². The van der Waals surface area contributed by atoms with E-state index in [1.165, 1.54) is 22.2 Å². The zero-order valence-electron chi connectivity index (χ0n) is 12.7. The molecule has 1 amide bonds. The van der Waals surface area contributed by atoms with Crippen LogP contribution in [-0.4, -0.2) is 28.2 Å². The highest BCUT2D eigenvalue weighted by Gasteiger charge is 2.23. The summed E-state index contributed by atoms with van der Waals surface area (Å²) in [6, 6.07) is 0. The molecular formula is C15H19N3O2S2. The second kappa shape index (κ2) is 6.42. The van der Waals surface area contributed by atoms with Gasteiger partial charge in [0.15, 0.2) is 5.16 Å². The van der Waals surface area contributed by atoms with Gasteiger partial charge in [-0.05, 0) is 37.7 Å². The first kappa shape index (κ1) is 15.6. The predicted molar refractivity (Wildman–Crippen MR) is 90.8 cm³/mol. The molecule has 2 aromatic heterocycles. The molecule has 3 rings (SSSR count). The van der Waals surface area contributed by atoms with Crippen molar-refractivity contribution in [2.45, 2.75) is 38.3 Å². The van der Waals surface area contributed by atoms with E-state index in [4.69, 9.17) is 0 Å². The Morgan fingerprint density at radius 1 is 1.55 bits per heavy atom. The van der Waals surface area contributed by atoms with Crippen molar-refractivity contribution in [2.24, 2.45) is 5.92 Å². The molecule has 118 valence electrons. The minimum atomic E-state index is -0.0737. The van der Waals surface area contributed by atoms with Crippen LogP contribution in [0.3, 0.4) is 0 Å². The van der Waals surface area contributed by atoms with Crippen molar-refractivity contribution in [1.29, 1.82) is 0 Å². The lowest BCUT2D eigenvalue weighted by atomic mass is 9.89. The van der Waals surface area contributed by atoms with Crippen molar-refractivity contribution >= 4 is 39.2 Å². The zero-order chi connectivity index (χ0) is 15.7. The van der Waals surface area contributed by atoms with E-state index in [1.807, 2.05) is 6.92 Å². The third-order valence-corrected chi connectivity index (χ3v) is 5.88. The lowest BCUT2D eigenvalue weighted by Crippen LogP contribution is -2.24. The van der Waals surface area contributed by atoms with E-state index in [0.29, 0.717) is 17.6 Å². The zero-order valence-corrected chi connectivity index (χ0v) is 14.3. The molecule has 5 nitrogen and oxygen atoms in total. The molecule has 0 aromatic carbocycles. The van der Waals surface area contributed by atoms with Gasteiger partial charge in [-0.3, -0.25) is 9.59 Å². The summed E-state index contributed by atoms with van der Waals surface area (Å²) < 4.78 is 0. The monoisotopic (exact) mass is 337 g/mol. The normalized spacial score (nSPS) is 17.5. The van der Waals surface area contributed by atoms with Crippen LogP contribution >= 0.6 is 23.1 Å². The lowest BCUT2D eigenvalue weighted by molar-refractivity contribution is -0.118. The highest BCUT2D eigenvalue weighted by atomic mass is 32.2. The highest BCUT2D eigenvalue weighted by Crippen LogP contribution is 2.36. The average molecular weight is 337 g/mol. The SMILES string of the molecule is CCNC(=O)CSc1nc2sc3c(c2c(=O)[nH]1)CC[C@H](C)C3. The fourth-order valence-corrected chi connectivity index (χ4v) is 4.91. The molecule has 1 aliphatic rings. The number of H-pyrrole nitrogens is 1. The molecule has 0 aliphatic heterocycles.